The molecule has 6 nitrogen and oxygen atoms in total. The second kappa shape index (κ2) is 8.58. The van der Waals surface area contributed by atoms with Crippen molar-refractivity contribution in [3.05, 3.63) is 48.5 Å². The lowest BCUT2D eigenvalue weighted by molar-refractivity contribution is -0.126. The average molecular weight is 368 g/mol. The lowest BCUT2D eigenvalue weighted by Crippen LogP contribution is -2.34. The quantitative estimate of drug-likeness (QED) is 0.736. The highest BCUT2D eigenvalue weighted by Gasteiger charge is 2.19. The van der Waals surface area contributed by atoms with Gasteiger partial charge in [0.05, 0.1) is 0 Å². The van der Waals surface area contributed by atoms with E-state index in [0.29, 0.717) is 0 Å². The largest absolute Gasteiger partial charge is 0.378 e. The Balaban J connectivity index is 2.01. The van der Waals surface area contributed by atoms with Gasteiger partial charge in [-0.25, -0.2) is 0 Å². The molecule has 2 amide bonds. The van der Waals surface area contributed by atoms with Gasteiger partial charge in [-0.05, 0) is 48.5 Å². The van der Waals surface area contributed by atoms with Crippen LogP contribution < -0.4 is 19.6 Å². The van der Waals surface area contributed by atoms with Crippen LogP contribution in [-0.4, -0.2) is 54.1 Å². The zero-order chi connectivity index (χ0) is 20.1. The average Bonchev–Trinajstić information content (AvgIpc) is 2.66. The van der Waals surface area contributed by atoms with Crippen molar-refractivity contribution in [2.45, 2.75) is 6.42 Å². The van der Waals surface area contributed by atoms with Crippen molar-refractivity contribution in [1.29, 1.82) is 0 Å². The normalized spacial score (nSPS) is 10.3. The minimum Gasteiger partial charge on any atom is -0.378 e. The summed E-state index contributed by atoms with van der Waals surface area (Å²) >= 11 is 0. The molecule has 6 heteroatoms. The van der Waals surface area contributed by atoms with Crippen LogP contribution in [0.4, 0.5) is 22.7 Å². The minimum atomic E-state index is -0.241. The molecule has 2 aromatic carbocycles. The molecule has 0 aliphatic carbocycles. The van der Waals surface area contributed by atoms with Crippen molar-refractivity contribution in [3.8, 4) is 0 Å². The summed E-state index contributed by atoms with van der Waals surface area (Å²) in [6.45, 7) is 0. The van der Waals surface area contributed by atoms with Gasteiger partial charge in [-0.2, -0.15) is 0 Å². The van der Waals surface area contributed by atoms with Gasteiger partial charge in [0.2, 0.25) is 11.8 Å². The molecule has 0 radical (unpaired) electrons. The molecule has 0 bridgehead atoms. The monoisotopic (exact) mass is 368 g/mol. The third-order valence-electron chi connectivity index (χ3n) is 4.56. The van der Waals surface area contributed by atoms with Gasteiger partial charge in [0.1, 0.15) is 6.42 Å². The number of rotatable bonds is 6. The summed E-state index contributed by atoms with van der Waals surface area (Å²) in [6, 6.07) is 15.3. The zero-order valence-corrected chi connectivity index (χ0v) is 16.9. The molecule has 0 aliphatic rings. The number of carbonyl (C=O) groups is 2. The fourth-order valence-corrected chi connectivity index (χ4v) is 2.60. The van der Waals surface area contributed by atoms with Gasteiger partial charge in [-0.1, -0.05) is 0 Å². The van der Waals surface area contributed by atoms with Gasteiger partial charge >= 0.3 is 0 Å². The third kappa shape index (κ3) is 5.00. The summed E-state index contributed by atoms with van der Waals surface area (Å²) in [4.78, 5) is 32.0. The predicted octanol–water partition coefficient (Wildman–Crippen LogP) is 2.83. The van der Waals surface area contributed by atoms with Gasteiger partial charge in [0, 0.05) is 65.0 Å². The maximum Gasteiger partial charge on any atom is 0.236 e. The Bertz CT molecular complexity index is 715. The first kappa shape index (κ1) is 20.3. The Kier molecular flexibility index (Phi) is 6.45. The number of anilines is 4. The Morgan fingerprint density at radius 3 is 1.07 bits per heavy atom. The summed E-state index contributed by atoms with van der Waals surface area (Å²) in [5.41, 5.74) is 3.63. The van der Waals surface area contributed by atoms with Crippen LogP contribution in [-0.2, 0) is 9.59 Å². The first-order valence-electron chi connectivity index (χ1n) is 8.78. The van der Waals surface area contributed by atoms with Crippen molar-refractivity contribution < 1.29 is 9.59 Å². The molecule has 0 heterocycles. The van der Waals surface area contributed by atoms with E-state index in [-0.39, 0.29) is 18.2 Å². The molecule has 0 fully saturated rings. The number of nitrogens with zero attached hydrogens (tertiary/aromatic N) is 4. The fraction of sp³-hybridized carbons (Fsp3) is 0.333. The van der Waals surface area contributed by atoms with E-state index in [0.717, 1.165) is 22.7 Å². The molecule has 0 saturated heterocycles. The van der Waals surface area contributed by atoms with Crippen molar-refractivity contribution in [1.82, 2.24) is 0 Å². The highest BCUT2D eigenvalue weighted by molar-refractivity contribution is 6.09. The van der Waals surface area contributed by atoms with Crippen LogP contribution in [0.5, 0.6) is 0 Å². The predicted molar refractivity (Wildman–Crippen MR) is 113 cm³/mol. The smallest absolute Gasteiger partial charge is 0.236 e. The molecule has 0 N–H and O–H groups in total. The summed E-state index contributed by atoms with van der Waals surface area (Å²) in [7, 11) is 11.2. The second-order valence-electron chi connectivity index (χ2n) is 6.90. The van der Waals surface area contributed by atoms with Gasteiger partial charge in [-0.3, -0.25) is 9.59 Å². The lowest BCUT2D eigenvalue weighted by atomic mass is 10.2. The van der Waals surface area contributed by atoms with Crippen LogP contribution in [0.3, 0.4) is 0 Å². The van der Waals surface area contributed by atoms with E-state index in [4.69, 9.17) is 0 Å². The van der Waals surface area contributed by atoms with Crippen LogP contribution in [0.15, 0.2) is 48.5 Å². The Morgan fingerprint density at radius 1 is 0.556 bits per heavy atom. The SMILES string of the molecule is CN(C)c1ccc(N(C)C(=O)CC(=O)N(C)c2ccc(N(C)C)cc2)cc1. The van der Waals surface area contributed by atoms with E-state index in [1.54, 1.807) is 14.1 Å². The lowest BCUT2D eigenvalue weighted by Gasteiger charge is -2.22. The van der Waals surface area contributed by atoms with Crippen LogP contribution in [0, 0.1) is 0 Å². The highest BCUT2D eigenvalue weighted by atomic mass is 16.2. The maximum absolute atomic E-state index is 12.5. The van der Waals surface area contributed by atoms with E-state index >= 15 is 0 Å². The zero-order valence-electron chi connectivity index (χ0n) is 16.9. The van der Waals surface area contributed by atoms with E-state index in [9.17, 15) is 9.59 Å². The van der Waals surface area contributed by atoms with E-state index < -0.39 is 0 Å². The molecular formula is C21H28N4O2. The molecule has 2 rings (SSSR count). The number of hydrogen-bond acceptors (Lipinski definition) is 4. The summed E-state index contributed by atoms with van der Waals surface area (Å²) in [6.07, 6.45) is -0.183. The molecule has 2 aromatic rings. The molecule has 0 spiro atoms. The van der Waals surface area contributed by atoms with Gasteiger partial charge < -0.3 is 19.6 Å². The number of benzene rings is 2. The molecule has 144 valence electrons. The maximum atomic E-state index is 12.5. The molecule has 0 unspecified atom stereocenters. The first-order chi connectivity index (χ1) is 12.7. The third-order valence-corrected chi connectivity index (χ3v) is 4.56. The standard InChI is InChI=1S/C21H28N4O2/c1-22(2)16-7-11-18(12-8-16)24(5)20(26)15-21(27)25(6)19-13-9-17(10-14-19)23(3)4/h7-14H,15H2,1-6H3. The van der Waals surface area contributed by atoms with Gasteiger partial charge in [0.15, 0.2) is 0 Å². The Hall–Kier alpha value is -3.02. The second-order valence-corrected chi connectivity index (χ2v) is 6.90. The fourth-order valence-electron chi connectivity index (χ4n) is 2.60. The number of amides is 2. The summed E-state index contributed by atoms with van der Waals surface area (Å²) in [5.74, 6) is -0.483. The highest BCUT2D eigenvalue weighted by Crippen LogP contribution is 2.21. The molecule has 0 aromatic heterocycles. The van der Waals surface area contributed by atoms with Crippen LogP contribution >= 0.6 is 0 Å². The minimum absolute atomic E-state index is 0.183. The topological polar surface area (TPSA) is 47.1 Å². The Labute approximate surface area is 161 Å². The molecule has 27 heavy (non-hydrogen) atoms. The summed E-state index contributed by atoms with van der Waals surface area (Å²) < 4.78 is 0. The van der Waals surface area contributed by atoms with Crippen molar-refractivity contribution in [2.24, 2.45) is 0 Å². The van der Waals surface area contributed by atoms with Crippen molar-refractivity contribution in [2.75, 3.05) is 61.9 Å². The van der Waals surface area contributed by atoms with Crippen LogP contribution in [0.25, 0.3) is 0 Å². The molecular weight excluding hydrogens is 340 g/mol. The van der Waals surface area contributed by atoms with Crippen molar-refractivity contribution in [3.63, 3.8) is 0 Å². The Morgan fingerprint density at radius 2 is 0.815 bits per heavy atom. The molecule has 0 saturated carbocycles. The van der Waals surface area contributed by atoms with Crippen molar-refractivity contribution >= 4 is 34.6 Å². The van der Waals surface area contributed by atoms with Crippen LogP contribution in [0.1, 0.15) is 6.42 Å². The van der Waals surface area contributed by atoms with E-state index in [1.165, 1.54) is 9.80 Å². The first-order valence-corrected chi connectivity index (χ1v) is 8.78. The van der Waals surface area contributed by atoms with Gasteiger partial charge in [0.25, 0.3) is 0 Å². The summed E-state index contributed by atoms with van der Waals surface area (Å²) in [5, 5.41) is 0. The number of carbonyl (C=O) groups excluding carboxylic acids is 2. The van der Waals surface area contributed by atoms with E-state index in [2.05, 4.69) is 0 Å². The van der Waals surface area contributed by atoms with E-state index in [1.807, 2.05) is 86.5 Å². The van der Waals surface area contributed by atoms with Crippen LogP contribution in [0.2, 0.25) is 0 Å². The number of hydrogen-bond donors (Lipinski definition) is 0. The molecule has 0 atom stereocenters. The molecule has 0 aliphatic heterocycles. The van der Waals surface area contributed by atoms with Gasteiger partial charge in [-0.15, -0.1) is 0 Å².